The van der Waals surface area contributed by atoms with E-state index in [-0.39, 0.29) is 18.2 Å². The molecule has 0 aliphatic rings. The second kappa shape index (κ2) is 6.50. The number of hydrogen-bond acceptors (Lipinski definition) is 3. The predicted octanol–water partition coefficient (Wildman–Crippen LogP) is 4.20. The number of hydrogen-bond donors (Lipinski definition) is 0. The summed E-state index contributed by atoms with van der Waals surface area (Å²) >= 11 is 11.9. The second-order valence-corrected chi connectivity index (χ2v) is 5.76. The van der Waals surface area contributed by atoms with Gasteiger partial charge in [-0.15, -0.1) is 0 Å². The zero-order valence-corrected chi connectivity index (χ0v) is 13.6. The molecule has 0 N–H and O–H groups in total. The van der Waals surface area contributed by atoms with E-state index in [1.165, 1.54) is 7.11 Å². The van der Waals surface area contributed by atoms with E-state index in [4.69, 9.17) is 27.9 Å². The first-order valence-electron chi connectivity index (χ1n) is 6.52. The minimum atomic E-state index is -0.0727. The Morgan fingerprint density at radius 1 is 1.33 bits per heavy atom. The largest absolute Gasteiger partial charge is 0.493 e. The molecule has 0 aliphatic carbocycles. The Bertz CT molecular complexity index is 666. The third-order valence-electron chi connectivity index (χ3n) is 3.08. The monoisotopic (exact) mass is 326 g/mol. The molecule has 0 atom stereocenters. The van der Waals surface area contributed by atoms with Gasteiger partial charge in [0.25, 0.3) is 0 Å². The van der Waals surface area contributed by atoms with Gasteiger partial charge in [-0.1, -0.05) is 29.3 Å². The molecule has 0 saturated carbocycles. The predicted molar refractivity (Wildman–Crippen MR) is 83.7 cm³/mol. The molecule has 0 amide bonds. The van der Waals surface area contributed by atoms with Crippen LogP contribution in [0.3, 0.4) is 0 Å². The average molecular weight is 327 g/mol. The smallest absolute Gasteiger partial charge is 0.189 e. The molecule has 1 heterocycles. The van der Waals surface area contributed by atoms with Crippen LogP contribution >= 0.6 is 23.2 Å². The number of carbonyl (C=O) groups is 1. The highest BCUT2D eigenvalue weighted by Gasteiger charge is 2.21. The summed E-state index contributed by atoms with van der Waals surface area (Å²) in [4.78, 5) is 12.6. The van der Waals surface area contributed by atoms with Gasteiger partial charge in [0.15, 0.2) is 11.5 Å². The zero-order valence-electron chi connectivity index (χ0n) is 12.1. The molecular formula is C15H16Cl2N2O2. The molecule has 0 aliphatic heterocycles. The van der Waals surface area contributed by atoms with E-state index >= 15 is 0 Å². The number of nitrogens with zero attached hydrogens (tertiary/aromatic N) is 2. The van der Waals surface area contributed by atoms with Crippen molar-refractivity contribution in [2.45, 2.75) is 26.3 Å². The van der Waals surface area contributed by atoms with E-state index < -0.39 is 0 Å². The lowest BCUT2D eigenvalue weighted by Crippen LogP contribution is -2.15. The fourth-order valence-corrected chi connectivity index (χ4v) is 2.39. The van der Waals surface area contributed by atoms with Crippen LogP contribution in [-0.4, -0.2) is 22.7 Å². The normalized spacial score (nSPS) is 11.0. The number of ether oxygens (including phenoxy) is 1. The third-order valence-corrected chi connectivity index (χ3v) is 3.82. The number of ketones is 1. The van der Waals surface area contributed by atoms with E-state index in [2.05, 4.69) is 5.10 Å². The Kier molecular flexibility index (Phi) is 4.91. The topological polar surface area (TPSA) is 44.1 Å². The Balaban J connectivity index is 2.31. The summed E-state index contributed by atoms with van der Waals surface area (Å²) in [6.45, 7) is 3.92. The first-order valence-corrected chi connectivity index (χ1v) is 7.28. The van der Waals surface area contributed by atoms with Crippen molar-refractivity contribution in [3.63, 3.8) is 0 Å². The molecule has 0 saturated heterocycles. The summed E-state index contributed by atoms with van der Waals surface area (Å²) < 4.78 is 6.89. The van der Waals surface area contributed by atoms with E-state index in [0.717, 1.165) is 5.56 Å². The molecule has 2 rings (SSSR count). The van der Waals surface area contributed by atoms with Gasteiger partial charge in [-0.3, -0.25) is 9.48 Å². The van der Waals surface area contributed by atoms with Gasteiger partial charge in [0.05, 0.1) is 23.4 Å². The molecule has 6 heteroatoms. The Morgan fingerprint density at radius 3 is 2.62 bits per heavy atom. The summed E-state index contributed by atoms with van der Waals surface area (Å²) in [6, 6.07) is 5.24. The van der Waals surface area contributed by atoms with E-state index in [0.29, 0.717) is 21.5 Å². The lowest BCUT2D eigenvalue weighted by molar-refractivity contribution is 0.0977. The number of methoxy groups -OCH3 is 1. The molecule has 112 valence electrons. The van der Waals surface area contributed by atoms with Crippen molar-refractivity contribution in [2.75, 3.05) is 7.11 Å². The molecule has 0 unspecified atom stereocenters. The van der Waals surface area contributed by atoms with Gasteiger partial charge in [-0.05, 0) is 31.5 Å². The van der Waals surface area contributed by atoms with Gasteiger partial charge < -0.3 is 4.74 Å². The SMILES string of the molecule is COc1cnn(C(C)C)c1C(=O)Cc1ccc(Cl)c(Cl)c1. The van der Waals surface area contributed by atoms with Gasteiger partial charge in [0.1, 0.15) is 5.69 Å². The van der Waals surface area contributed by atoms with Gasteiger partial charge in [-0.2, -0.15) is 5.10 Å². The lowest BCUT2D eigenvalue weighted by Gasteiger charge is -2.11. The number of carbonyl (C=O) groups excluding carboxylic acids is 1. The Labute approximate surface area is 133 Å². The summed E-state index contributed by atoms with van der Waals surface area (Å²) in [5.41, 5.74) is 1.27. The highest BCUT2D eigenvalue weighted by Crippen LogP contribution is 2.26. The van der Waals surface area contributed by atoms with Gasteiger partial charge >= 0.3 is 0 Å². The van der Waals surface area contributed by atoms with E-state index in [1.54, 1.807) is 29.1 Å². The summed E-state index contributed by atoms with van der Waals surface area (Å²) in [6.07, 6.45) is 1.77. The van der Waals surface area contributed by atoms with Crippen LogP contribution < -0.4 is 4.74 Å². The van der Waals surface area contributed by atoms with Crippen molar-refractivity contribution in [3.05, 3.63) is 45.7 Å². The summed E-state index contributed by atoms with van der Waals surface area (Å²) in [5.74, 6) is 0.408. The number of halogens is 2. The fourth-order valence-electron chi connectivity index (χ4n) is 2.07. The van der Waals surface area contributed by atoms with Gasteiger partial charge in [-0.25, -0.2) is 0 Å². The van der Waals surface area contributed by atoms with Crippen LogP contribution in [0.15, 0.2) is 24.4 Å². The summed E-state index contributed by atoms with van der Waals surface area (Å²) in [7, 11) is 1.53. The highest BCUT2D eigenvalue weighted by atomic mass is 35.5. The molecular weight excluding hydrogens is 311 g/mol. The average Bonchev–Trinajstić information content (AvgIpc) is 2.87. The van der Waals surface area contributed by atoms with Crippen LogP contribution in [0, 0.1) is 0 Å². The number of aromatic nitrogens is 2. The molecule has 0 bridgehead atoms. The van der Waals surface area contributed by atoms with E-state index in [1.807, 2.05) is 13.8 Å². The molecule has 1 aromatic heterocycles. The second-order valence-electron chi connectivity index (χ2n) is 4.95. The quantitative estimate of drug-likeness (QED) is 0.773. The van der Waals surface area contributed by atoms with Crippen molar-refractivity contribution >= 4 is 29.0 Å². The molecule has 0 spiro atoms. The van der Waals surface area contributed by atoms with Crippen molar-refractivity contribution in [1.82, 2.24) is 9.78 Å². The number of Topliss-reactive ketones (excluding diaryl/α,β-unsaturated/α-hetero) is 1. The van der Waals surface area contributed by atoms with Crippen LogP contribution in [0.2, 0.25) is 10.0 Å². The lowest BCUT2D eigenvalue weighted by atomic mass is 10.1. The zero-order chi connectivity index (χ0) is 15.6. The third kappa shape index (κ3) is 3.39. The molecule has 4 nitrogen and oxygen atoms in total. The molecule has 1 aromatic carbocycles. The highest BCUT2D eigenvalue weighted by molar-refractivity contribution is 6.42. The Morgan fingerprint density at radius 2 is 2.05 bits per heavy atom. The van der Waals surface area contributed by atoms with Crippen molar-refractivity contribution < 1.29 is 9.53 Å². The van der Waals surface area contributed by atoms with Crippen LogP contribution in [0.4, 0.5) is 0 Å². The number of benzene rings is 1. The maximum atomic E-state index is 12.6. The molecule has 2 aromatic rings. The Hall–Kier alpha value is -1.52. The van der Waals surface area contributed by atoms with Crippen molar-refractivity contribution in [2.24, 2.45) is 0 Å². The maximum Gasteiger partial charge on any atom is 0.189 e. The van der Waals surface area contributed by atoms with Crippen LogP contribution in [0.5, 0.6) is 5.75 Å². The fraction of sp³-hybridized carbons (Fsp3) is 0.333. The van der Waals surface area contributed by atoms with Gasteiger partial charge in [0.2, 0.25) is 0 Å². The van der Waals surface area contributed by atoms with Crippen LogP contribution in [0.25, 0.3) is 0 Å². The van der Waals surface area contributed by atoms with Crippen LogP contribution in [-0.2, 0) is 6.42 Å². The van der Waals surface area contributed by atoms with Gasteiger partial charge in [0, 0.05) is 12.5 Å². The minimum absolute atomic E-state index is 0.0710. The van der Waals surface area contributed by atoms with Crippen molar-refractivity contribution in [3.8, 4) is 5.75 Å². The molecule has 21 heavy (non-hydrogen) atoms. The first kappa shape index (κ1) is 15.9. The van der Waals surface area contributed by atoms with E-state index in [9.17, 15) is 4.79 Å². The minimum Gasteiger partial charge on any atom is -0.493 e. The first-order chi connectivity index (χ1) is 9.93. The summed E-state index contributed by atoms with van der Waals surface area (Å²) in [5, 5.41) is 5.11. The van der Waals surface area contributed by atoms with Crippen molar-refractivity contribution in [1.29, 1.82) is 0 Å². The standard InChI is InChI=1S/C15H16Cl2N2O2/c1-9(2)19-15(14(21-3)8-18-19)13(20)7-10-4-5-11(16)12(17)6-10/h4-6,8-9H,7H2,1-3H3. The molecule has 0 fully saturated rings. The molecule has 0 radical (unpaired) electrons. The maximum absolute atomic E-state index is 12.6. The van der Waals surface area contributed by atoms with Crippen LogP contribution in [0.1, 0.15) is 35.9 Å². The number of rotatable bonds is 5.